The Bertz CT molecular complexity index is 555. The molecule has 0 bridgehead atoms. The molecular weight excluding hydrogens is 270 g/mol. The van der Waals surface area contributed by atoms with Crippen LogP contribution in [-0.2, 0) is 9.53 Å². The zero-order valence-corrected chi connectivity index (χ0v) is 12.9. The second-order valence-corrected chi connectivity index (χ2v) is 5.24. The number of methoxy groups -OCH3 is 1. The lowest BCUT2D eigenvalue weighted by molar-refractivity contribution is -0.141. The summed E-state index contributed by atoms with van der Waals surface area (Å²) >= 11 is 0. The molecule has 0 aromatic heterocycles. The number of ketones is 1. The van der Waals surface area contributed by atoms with Gasteiger partial charge in [0.1, 0.15) is 17.9 Å². The average molecular weight is 291 g/mol. The van der Waals surface area contributed by atoms with Gasteiger partial charge in [-0.2, -0.15) is 0 Å². The van der Waals surface area contributed by atoms with E-state index in [1.165, 1.54) is 14.0 Å². The van der Waals surface area contributed by atoms with E-state index in [1.807, 2.05) is 11.8 Å². The highest BCUT2D eigenvalue weighted by atomic mass is 16.5. The van der Waals surface area contributed by atoms with Crippen LogP contribution in [0.3, 0.4) is 0 Å². The van der Waals surface area contributed by atoms with E-state index in [0.29, 0.717) is 17.9 Å². The van der Waals surface area contributed by atoms with Gasteiger partial charge >= 0.3 is 5.97 Å². The van der Waals surface area contributed by atoms with Crippen molar-refractivity contribution in [2.24, 2.45) is 0 Å². The topological polar surface area (TPSA) is 55.8 Å². The molecule has 0 aliphatic carbocycles. The number of Topliss-reactive ketones (excluding diaryl/α,β-unsaturated/α-hetero) is 1. The maximum atomic E-state index is 11.9. The summed E-state index contributed by atoms with van der Waals surface area (Å²) in [5.41, 5.74) is 1.37. The molecule has 2 unspecified atom stereocenters. The first-order valence-corrected chi connectivity index (χ1v) is 7.14. The van der Waals surface area contributed by atoms with E-state index in [-0.39, 0.29) is 17.9 Å². The monoisotopic (exact) mass is 291 g/mol. The van der Waals surface area contributed by atoms with Gasteiger partial charge in [0.15, 0.2) is 5.78 Å². The minimum Gasteiger partial charge on any atom is -0.486 e. The van der Waals surface area contributed by atoms with Gasteiger partial charge in [0.25, 0.3) is 0 Å². The summed E-state index contributed by atoms with van der Waals surface area (Å²) in [6.07, 6.45) is 0.867. The first-order valence-electron chi connectivity index (χ1n) is 7.14. The summed E-state index contributed by atoms with van der Waals surface area (Å²) in [6, 6.07) is 4.91. The molecule has 0 radical (unpaired) electrons. The van der Waals surface area contributed by atoms with Gasteiger partial charge in [0, 0.05) is 5.56 Å². The molecule has 1 aliphatic rings. The van der Waals surface area contributed by atoms with Gasteiger partial charge in [-0.3, -0.25) is 4.79 Å². The lowest BCUT2D eigenvalue weighted by Gasteiger charge is -2.38. The highest BCUT2D eigenvalue weighted by Gasteiger charge is 2.31. The van der Waals surface area contributed by atoms with Gasteiger partial charge in [-0.05, 0) is 38.5 Å². The number of carbonyl (C=O) groups is 2. The zero-order chi connectivity index (χ0) is 15.6. The van der Waals surface area contributed by atoms with E-state index in [2.05, 4.69) is 0 Å². The lowest BCUT2D eigenvalue weighted by atomic mass is 10.1. The molecule has 0 spiro atoms. The number of nitrogens with zero attached hydrogens (tertiary/aromatic N) is 1. The van der Waals surface area contributed by atoms with Gasteiger partial charge in [-0.25, -0.2) is 4.79 Å². The summed E-state index contributed by atoms with van der Waals surface area (Å²) in [4.78, 5) is 25.4. The lowest BCUT2D eigenvalue weighted by Crippen LogP contribution is -2.48. The number of esters is 1. The Morgan fingerprint density at radius 1 is 1.48 bits per heavy atom. The van der Waals surface area contributed by atoms with Crippen LogP contribution in [0.25, 0.3) is 0 Å². The van der Waals surface area contributed by atoms with Crippen LogP contribution in [0.5, 0.6) is 5.75 Å². The molecule has 0 fully saturated rings. The molecule has 0 saturated heterocycles. The Morgan fingerprint density at radius 2 is 2.19 bits per heavy atom. The van der Waals surface area contributed by atoms with Crippen molar-refractivity contribution in [2.75, 3.05) is 18.6 Å². The smallest absolute Gasteiger partial charge is 0.328 e. The Kier molecular flexibility index (Phi) is 4.50. The van der Waals surface area contributed by atoms with Crippen LogP contribution in [0.15, 0.2) is 18.2 Å². The summed E-state index contributed by atoms with van der Waals surface area (Å²) in [7, 11) is 1.38. The number of ether oxygens (including phenoxy) is 2. The van der Waals surface area contributed by atoms with Gasteiger partial charge in [-0.15, -0.1) is 0 Å². The summed E-state index contributed by atoms with van der Waals surface area (Å²) in [5, 5.41) is 0. The third kappa shape index (κ3) is 3.01. The van der Waals surface area contributed by atoms with Crippen LogP contribution in [0, 0.1) is 0 Å². The summed E-state index contributed by atoms with van der Waals surface area (Å²) < 4.78 is 10.7. The summed E-state index contributed by atoms with van der Waals surface area (Å²) in [5.74, 6) is 0.390. The molecule has 1 aromatic rings. The van der Waals surface area contributed by atoms with Gasteiger partial charge in [0.2, 0.25) is 0 Å². The fourth-order valence-corrected chi connectivity index (χ4v) is 2.47. The van der Waals surface area contributed by atoms with Crippen molar-refractivity contribution >= 4 is 17.4 Å². The molecule has 114 valence electrons. The molecule has 0 N–H and O–H groups in total. The number of carbonyl (C=O) groups excluding carboxylic acids is 2. The normalized spacial score (nSPS) is 18.5. The summed E-state index contributed by atoms with van der Waals surface area (Å²) in [6.45, 7) is 5.96. The second-order valence-electron chi connectivity index (χ2n) is 5.24. The maximum Gasteiger partial charge on any atom is 0.328 e. The predicted octanol–water partition coefficient (Wildman–Crippen LogP) is 2.43. The fraction of sp³-hybridized carbons (Fsp3) is 0.500. The van der Waals surface area contributed by atoms with Crippen LogP contribution in [0.4, 0.5) is 5.69 Å². The van der Waals surface area contributed by atoms with E-state index in [1.54, 1.807) is 25.1 Å². The zero-order valence-electron chi connectivity index (χ0n) is 12.9. The van der Waals surface area contributed by atoms with Gasteiger partial charge < -0.3 is 14.4 Å². The molecule has 5 nitrogen and oxygen atoms in total. The van der Waals surface area contributed by atoms with Crippen LogP contribution in [0.1, 0.15) is 37.6 Å². The van der Waals surface area contributed by atoms with Gasteiger partial charge in [0.05, 0.1) is 19.3 Å². The third-order valence-electron chi connectivity index (χ3n) is 3.83. The number of fused-ring (bicyclic) bond motifs is 1. The molecule has 1 heterocycles. The van der Waals surface area contributed by atoms with E-state index >= 15 is 0 Å². The molecule has 0 saturated carbocycles. The quantitative estimate of drug-likeness (QED) is 0.630. The van der Waals surface area contributed by atoms with Crippen molar-refractivity contribution in [1.82, 2.24) is 0 Å². The number of benzene rings is 1. The van der Waals surface area contributed by atoms with Crippen molar-refractivity contribution in [1.29, 1.82) is 0 Å². The number of anilines is 1. The van der Waals surface area contributed by atoms with Crippen molar-refractivity contribution in [2.45, 2.75) is 39.3 Å². The molecule has 2 rings (SSSR count). The minimum atomic E-state index is -0.422. The van der Waals surface area contributed by atoms with E-state index < -0.39 is 6.04 Å². The highest BCUT2D eigenvalue weighted by Crippen LogP contribution is 2.36. The van der Waals surface area contributed by atoms with Crippen LogP contribution in [0.2, 0.25) is 0 Å². The standard InChI is InChI=1S/C16H21NO4/c1-5-13-9-17(10(2)16(19)20-4)14-8-12(11(3)18)6-7-15(14)21-13/h6-8,10,13H,5,9H2,1-4H3. The first kappa shape index (κ1) is 15.4. The van der Waals surface area contributed by atoms with Crippen LogP contribution < -0.4 is 9.64 Å². The Labute approximate surface area is 124 Å². The van der Waals surface area contributed by atoms with Crippen molar-refractivity contribution in [3.63, 3.8) is 0 Å². The first-order chi connectivity index (χ1) is 9.97. The number of hydrogen-bond acceptors (Lipinski definition) is 5. The molecule has 1 aliphatic heterocycles. The number of rotatable bonds is 4. The molecule has 1 aromatic carbocycles. The third-order valence-corrected chi connectivity index (χ3v) is 3.83. The van der Waals surface area contributed by atoms with E-state index in [9.17, 15) is 9.59 Å². The average Bonchev–Trinajstić information content (AvgIpc) is 2.51. The van der Waals surface area contributed by atoms with Gasteiger partial charge in [-0.1, -0.05) is 6.92 Å². The van der Waals surface area contributed by atoms with E-state index in [4.69, 9.17) is 9.47 Å². The Balaban J connectivity index is 2.43. The van der Waals surface area contributed by atoms with E-state index in [0.717, 1.165) is 12.1 Å². The Morgan fingerprint density at radius 3 is 2.76 bits per heavy atom. The number of hydrogen-bond donors (Lipinski definition) is 0. The van der Waals surface area contributed by atoms with Crippen molar-refractivity contribution in [3.8, 4) is 5.75 Å². The maximum absolute atomic E-state index is 11.9. The predicted molar refractivity (Wildman–Crippen MR) is 80.0 cm³/mol. The van der Waals surface area contributed by atoms with Crippen molar-refractivity contribution < 1.29 is 19.1 Å². The molecule has 0 amide bonds. The Hall–Kier alpha value is -2.04. The molecule has 21 heavy (non-hydrogen) atoms. The van der Waals surface area contributed by atoms with Crippen LogP contribution in [-0.4, -0.2) is 37.6 Å². The SMILES string of the molecule is CCC1CN(C(C)C(=O)OC)c2cc(C(C)=O)ccc2O1. The molecule has 5 heteroatoms. The molecule has 2 atom stereocenters. The fourth-order valence-electron chi connectivity index (χ4n) is 2.47. The van der Waals surface area contributed by atoms with Crippen molar-refractivity contribution in [3.05, 3.63) is 23.8 Å². The largest absolute Gasteiger partial charge is 0.486 e. The molecular formula is C16H21NO4. The van der Waals surface area contributed by atoms with Crippen LogP contribution >= 0.6 is 0 Å². The minimum absolute atomic E-state index is 0.0129. The highest BCUT2D eigenvalue weighted by molar-refractivity contribution is 5.96. The second kappa shape index (κ2) is 6.16.